The first-order valence-corrected chi connectivity index (χ1v) is 5.73. The maximum absolute atomic E-state index is 9.49. The summed E-state index contributed by atoms with van der Waals surface area (Å²) >= 11 is 4.29. The van der Waals surface area contributed by atoms with Gasteiger partial charge in [0.1, 0.15) is 0 Å². The molecule has 0 heterocycles. The van der Waals surface area contributed by atoms with Crippen LogP contribution < -0.4 is 0 Å². The second-order valence-electron chi connectivity index (χ2n) is 3.79. The van der Waals surface area contributed by atoms with E-state index >= 15 is 0 Å². The van der Waals surface area contributed by atoms with Gasteiger partial charge in [-0.15, -0.1) is 0 Å². The molecule has 0 saturated carbocycles. The van der Waals surface area contributed by atoms with Crippen LogP contribution in [-0.2, 0) is 4.74 Å². The Hall–Kier alpha value is 0.230. The zero-order valence-corrected chi connectivity index (χ0v) is 10.3. The third-order valence-corrected chi connectivity index (χ3v) is 2.80. The molecular formula is C10H23NO2S. The monoisotopic (exact) mass is 221 g/mol. The largest absolute Gasteiger partial charge is 0.389 e. The molecule has 0 aromatic heterocycles. The summed E-state index contributed by atoms with van der Waals surface area (Å²) in [6, 6.07) is 0. The van der Waals surface area contributed by atoms with Crippen molar-refractivity contribution in [3.05, 3.63) is 0 Å². The number of ether oxygens (including phenoxy) is 1. The summed E-state index contributed by atoms with van der Waals surface area (Å²) in [7, 11) is 3.62. The zero-order chi connectivity index (χ0) is 11.0. The molecule has 0 amide bonds. The van der Waals surface area contributed by atoms with Crippen molar-refractivity contribution in [3.63, 3.8) is 0 Å². The van der Waals surface area contributed by atoms with E-state index in [-0.39, 0.29) is 6.10 Å². The minimum absolute atomic E-state index is 0.387. The van der Waals surface area contributed by atoms with E-state index in [9.17, 15) is 5.11 Å². The van der Waals surface area contributed by atoms with Crippen molar-refractivity contribution < 1.29 is 9.84 Å². The molecule has 14 heavy (non-hydrogen) atoms. The Balaban J connectivity index is 3.67. The van der Waals surface area contributed by atoms with Crippen LogP contribution in [0.1, 0.15) is 13.3 Å². The number of aliphatic hydroxyl groups is 1. The second-order valence-corrected chi connectivity index (χ2v) is 4.15. The van der Waals surface area contributed by atoms with Gasteiger partial charge >= 0.3 is 0 Å². The lowest BCUT2D eigenvalue weighted by atomic mass is 10.1. The fourth-order valence-electron chi connectivity index (χ4n) is 1.44. The molecule has 0 aromatic carbocycles. The molecule has 0 aliphatic rings. The fraction of sp³-hybridized carbons (Fsp3) is 1.00. The Kier molecular flexibility index (Phi) is 8.67. The summed E-state index contributed by atoms with van der Waals surface area (Å²) in [5.74, 6) is 1.51. The summed E-state index contributed by atoms with van der Waals surface area (Å²) in [5.41, 5.74) is 0. The molecule has 0 radical (unpaired) electrons. The van der Waals surface area contributed by atoms with E-state index in [0.717, 1.165) is 18.7 Å². The highest BCUT2D eigenvalue weighted by Crippen LogP contribution is 2.06. The lowest BCUT2D eigenvalue weighted by molar-refractivity contribution is 0.0409. The molecule has 1 N–H and O–H groups in total. The summed E-state index contributed by atoms with van der Waals surface area (Å²) in [5, 5.41) is 9.49. The van der Waals surface area contributed by atoms with Gasteiger partial charge in [-0.25, -0.2) is 0 Å². The molecular weight excluding hydrogens is 198 g/mol. The van der Waals surface area contributed by atoms with Crippen LogP contribution in [0.3, 0.4) is 0 Å². The Morgan fingerprint density at radius 3 is 2.50 bits per heavy atom. The summed E-state index contributed by atoms with van der Waals surface area (Å²) < 4.78 is 4.87. The first kappa shape index (κ1) is 14.2. The van der Waals surface area contributed by atoms with Gasteiger partial charge in [0.25, 0.3) is 0 Å². The molecule has 0 fully saturated rings. The van der Waals surface area contributed by atoms with Crippen LogP contribution in [0.4, 0.5) is 0 Å². The first-order chi connectivity index (χ1) is 6.63. The number of nitrogens with zero attached hydrogens (tertiary/aromatic N) is 1. The van der Waals surface area contributed by atoms with Gasteiger partial charge in [-0.1, -0.05) is 13.3 Å². The van der Waals surface area contributed by atoms with E-state index in [1.54, 1.807) is 7.11 Å². The van der Waals surface area contributed by atoms with E-state index in [0.29, 0.717) is 19.1 Å². The molecule has 0 aromatic rings. The number of aliphatic hydroxyl groups excluding tert-OH is 1. The fourth-order valence-corrected chi connectivity index (χ4v) is 1.81. The molecule has 0 saturated heterocycles. The van der Waals surface area contributed by atoms with Crippen molar-refractivity contribution >= 4 is 12.6 Å². The normalized spacial score (nSPS) is 15.9. The third kappa shape index (κ3) is 6.65. The predicted octanol–water partition coefficient (Wildman–Crippen LogP) is 0.881. The quantitative estimate of drug-likeness (QED) is 0.597. The number of rotatable bonds is 8. The molecule has 2 atom stereocenters. The van der Waals surface area contributed by atoms with Crippen molar-refractivity contribution in [2.75, 3.05) is 39.6 Å². The van der Waals surface area contributed by atoms with Gasteiger partial charge in [0, 0.05) is 20.2 Å². The van der Waals surface area contributed by atoms with Crippen LogP contribution in [-0.4, -0.2) is 55.7 Å². The topological polar surface area (TPSA) is 32.7 Å². The molecule has 86 valence electrons. The maximum atomic E-state index is 9.49. The highest BCUT2D eigenvalue weighted by molar-refractivity contribution is 7.80. The van der Waals surface area contributed by atoms with Crippen LogP contribution in [0.2, 0.25) is 0 Å². The Morgan fingerprint density at radius 1 is 1.43 bits per heavy atom. The Morgan fingerprint density at radius 2 is 2.07 bits per heavy atom. The van der Waals surface area contributed by atoms with Crippen molar-refractivity contribution in [1.82, 2.24) is 4.90 Å². The lowest BCUT2D eigenvalue weighted by Crippen LogP contribution is -2.35. The van der Waals surface area contributed by atoms with E-state index in [4.69, 9.17) is 4.74 Å². The SMILES string of the molecule is CCC(CS)CN(C)CC(O)COC. The maximum Gasteiger partial charge on any atom is 0.0899 e. The standard InChI is InChI=1S/C10H23NO2S/c1-4-9(8-14)5-11(2)6-10(12)7-13-3/h9-10,12,14H,4-8H2,1-3H3. The molecule has 0 aliphatic heterocycles. The number of hydrogen-bond donors (Lipinski definition) is 2. The summed E-state index contributed by atoms with van der Waals surface area (Å²) in [4.78, 5) is 2.13. The average Bonchev–Trinajstić information content (AvgIpc) is 2.14. The van der Waals surface area contributed by atoms with Crippen molar-refractivity contribution in [1.29, 1.82) is 0 Å². The molecule has 0 bridgehead atoms. The molecule has 0 spiro atoms. The van der Waals surface area contributed by atoms with Gasteiger partial charge in [0.05, 0.1) is 12.7 Å². The van der Waals surface area contributed by atoms with Gasteiger partial charge in [0.15, 0.2) is 0 Å². The van der Waals surface area contributed by atoms with Crippen molar-refractivity contribution in [2.45, 2.75) is 19.4 Å². The number of methoxy groups -OCH3 is 1. The van der Waals surface area contributed by atoms with E-state index in [1.807, 2.05) is 7.05 Å². The number of thiol groups is 1. The van der Waals surface area contributed by atoms with E-state index < -0.39 is 0 Å². The summed E-state index contributed by atoms with van der Waals surface area (Å²) in [6.07, 6.45) is 0.747. The van der Waals surface area contributed by atoms with Crippen LogP contribution >= 0.6 is 12.6 Å². The van der Waals surface area contributed by atoms with Crippen molar-refractivity contribution in [2.24, 2.45) is 5.92 Å². The van der Waals surface area contributed by atoms with Gasteiger partial charge in [-0.2, -0.15) is 12.6 Å². The molecule has 2 unspecified atom stereocenters. The van der Waals surface area contributed by atoms with E-state index in [2.05, 4.69) is 24.5 Å². The Labute approximate surface area is 92.8 Å². The van der Waals surface area contributed by atoms with Gasteiger partial charge in [-0.05, 0) is 18.7 Å². The minimum atomic E-state index is -0.387. The number of likely N-dealkylation sites (N-methyl/N-ethyl adjacent to an activating group) is 1. The third-order valence-electron chi connectivity index (χ3n) is 2.29. The average molecular weight is 221 g/mol. The summed E-state index contributed by atoms with van der Waals surface area (Å²) in [6.45, 7) is 4.22. The van der Waals surface area contributed by atoms with E-state index in [1.165, 1.54) is 0 Å². The van der Waals surface area contributed by atoms with Gasteiger partial charge < -0.3 is 14.7 Å². The smallest absolute Gasteiger partial charge is 0.0899 e. The highest BCUT2D eigenvalue weighted by atomic mass is 32.1. The molecule has 0 aliphatic carbocycles. The lowest BCUT2D eigenvalue weighted by Gasteiger charge is -2.24. The van der Waals surface area contributed by atoms with Crippen LogP contribution in [0, 0.1) is 5.92 Å². The number of hydrogen-bond acceptors (Lipinski definition) is 4. The van der Waals surface area contributed by atoms with Gasteiger partial charge in [-0.3, -0.25) is 0 Å². The second kappa shape index (κ2) is 8.53. The molecule has 3 nitrogen and oxygen atoms in total. The van der Waals surface area contributed by atoms with Crippen molar-refractivity contribution in [3.8, 4) is 0 Å². The predicted molar refractivity (Wildman–Crippen MR) is 63.0 cm³/mol. The first-order valence-electron chi connectivity index (χ1n) is 5.10. The minimum Gasteiger partial charge on any atom is -0.389 e. The van der Waals surface area contributed by atoms with Crippen LogP contribution in [0.25, 0.3) is 0 Å². The highest BCUT2D eigenvalue weighted by Gasteiger charge is 2.11. The molecule has 0 rings (SSSR count). The molecule has 4 heteroatoms. The Bertz CT molecular complexity index is 131. The zero-order valence-electron chi connectivity index (χ0n) is 9.44. The van der Waals surface area contributed by atoms with Gasteiger partial charge in [0.2, 0.25) is 0 Å². The van der Waals surface area contributed by atoms with Crippen LogP contribution in [0.5, 0.6) is 0 Å². The van der Waals surface area contributed by atoms with Crippen LogP contribution in [0.15, 0.2) is 0 Å².